The van der Waals surface area contributed by atoms with Gasteiger partial charge in [0.2, 0.25) is 0 Å². The van der Waals surface area contributed by atoms with Crippen molar-refractivity contribution in [2.75, 3.05) is 6.26 Å². The smallest absolute Gasteiger partial charge is 0.136 e. The molecule has 0 nitrogen and oxygen atoms in total. The Balaban J connectivity index is 0.000000791. The van der Waals surface area contributed by atoms with Gasteiger partial charge in [-0.1, -0.05) is 19.7 Å². The van der Waals surface area contributed by atoms with E-state index in [4.69, 9.17) is 0 Å². The molecule has 1 atom stereocenters. The van der Waals surface area contributed by atoms with Crippen LogP contribution in [0.1, 0.15) is 19.4 Å². The standard InChI is InChI=1S/C9H10F2S.C2H6/c1-6-4-8(11)9(12(2)3)5-7(6)10;1-2/h4-5H,2H2,1,3H3;1-2H3. The summed E-state index contributed by atoms with van der Waals surface area (Å²) in [4.78, 5) is 0.359. The fourth-order valence-corrected chi connectivity index (χ4v) is 1.59. The zero-order valence-electron chi connectivity index (χ0n) is 9.03. The van der Waals surface area contributed by atoms with Gasteiger partial charge < -0.3 is 0 Å². The van der Waals surface area contributed by atoms with Crippen molar-refractivity contribution in [2.45, 2.75) is 25.7 Å². The molecule has 1 unspecified atom stereocenters. The normalized spacial score (nSPS) is 11.6. The molecule has 0 fully saturated rings. The molecule has 1 aromatic carbocycles. The van der Waals surface area contributed by atoms with Crippen molar-refractivity contribution in [1.82, 2.24) is 0 Å². The monoisotopic (exact) mass is 218 g/mol. The SMILES string of the molecule is C=S(C)c1cc(F)c(C)cc1F.CC. The minimum atomic E-state index is -0.474. The highest BCUT2D eigenvalue weighted by Gasteiger charge is 2.06. The Bertz CT molecular complexity index is 332. The summed E-state index contributed by atoms with van der Waals surface area (Å²) < 4.78 is 26.0. The fraction of sp³-hybridized carbons (Fsp3) is 0.364. The van der Waals surface area contributed by atoms with Crippen LogP contribution in [0.2, 0.25) is 0 Å². The molecule has 80 valence electrons. The van der Waals surface area contributed by atoms with E-state index in [1.165, 1.54) is 12.1 Å². The number of benzene rings is 1. The van der Waals surface area contributed by atoms with Gasteiger partial charge in [0, 0.05) is 4.90 Å². The maximum absolute atomic E-state index is 13.1. The summed E-state index contributed by atoms with van der Waals surface area (Å²) in [7, 11) is -0.474. The Morgan fingerprint density at radius 2 is 1.64 bits per heavy atom. The van der Waals surface area contributed by atoms with Crippen LogP contribution in [-0.2, 0) is 0 Å². The summed E-state index contributed by atoms with van der Waals surface area (Å²) in [6.45, 7) is 5.54. The van der Waals surface area contributed by atoms with Gasteiger partial charge >= 0.3 is 0 Å². The first-order valence-corrected chi connectivity index (χ1v) is 6.24. The molecule has 0 N–H and O–H groups in total. The lowest BCUT2D eigenvalue weighted by Gasteiger charge is -2.04. The Labute approximate surface area is 86.9 Å². The van der Waals surface area contributed by atoms with E-state index in [0.29, 0.717) is 10.5 Å². The lowest BCUT2D eigenvalue weighted by molar-refractivity contribution is 0.571. The fourth-order valence-electron chi connectivity index (χ4n) is 0.895. The molecule has 0 radical (unpaired) electrons. The molecule has 0 bridgehead atoms. The van der Waals surface area contributed by atoms with Crippen molar-refractivity contribution < 1.29 is 8.78 Å². The molecule has 1 rings (SSSR count). The Hall–Kier alpha value is -0.700. The van der Waals surface area contributed by atoms with Crippen LogP contribution in [0.15, 0.2) is 17.0 Å². The van der Waals surface area contributed by atoms with E-state index in [9.17, 15) is 8.78 Å². The number of hydrogen-bond donors (Lipinski definition) is 0. The topological polar surface area (TPSA) is 0 Å². The number of rotatable bonds is 1. The van der Waals surface area contributed by atoms with Gasteiger partial charge in [-0.15, -0.1) is 0 Å². The molecule has 0 saturated carbocycles. The minimum Gasteiger partial charge on any atom is -0.207 e. The molecule has 0 aromatic heterocycles. The second-order valence-electron chi connectivity index (χ2n) is 2.67. The van der Waals surface area contributed by atoms with Crippen molar-refractivity contribution in [3.8, 4) is 0 Å². The highest BCUT2D eigenvalue weighted by Crippen LogP contribution is 2.26. The lowest BCUT2D eigenvalue weighted by atomic mass is 10.2. The first-order valence-electron chi connectivity index (χ1n) is 4.43. The van der Waals surface area contributed by atoms with Gasteiger partial charge in [0.25, 0.3) is 0 Å². The van der Waals surface area contributed by atoms with Crippen LogP contribution >= 0.6 is 10.5 Å². The summed E-state index contributed by atoms with van der Waals surface area (Å²) >= 11 is 0. The molecule has 1 aromatic rings. The number of aryl methyl sites for hydroxylation is 1. The van der Waals surface area contributed by atoms with Crippen LogP contribution < -0.4 is 0 Å². The van der Waals surface area contributed by atoms with Crippen molar-refractivity contribution in [2.24, 2.45) is 0 Å². The largest absolute Gasteiger partial charge is 0.207 e. The highest BCUT2D eigenvalue weighted by molar-refractivity contribution is 8.13. The molecule has 14 heavy (non-hydrogen) atoms. The van der Waals surface area contributed by atoms with Crippen molar-refractivity contribution in [3.63, 3.8) is 0 Å². The second-order valence-corrected chi connectivity index (χ2v) is 4.38. The van der Waals surface area contributed by atoms with Gasteiger partial charge in [0.05, 0.1) is 0 Å². The molecule has 0 aliphatic heterocycles. The number of hydrogen-bond acceptors (Lipinski definition) is 0. The predicted octanol–water partition coefficient (Wildman–Crippen LogP) is 3.99. The van der Waals surface area contributed by atoms with Crippen LogP contribution in [0.4, 0.5) is 8.78 Å². The molecule has 0 spiro atoms. The van der Waals surface area contributed by atoms with E-state index in [2.05, 4.69) is 5.87 Å². The third kappa shape index (κ3) is 3.22. The molecule has 0 amide bonds. The summed E-state index contributed by atoms with van der Waals surface area (Å²) in [5.41, 5.74) is 0.335. The van der Waals surface area contributed by atoms with Crippen LogP contribution in [0.25, 0.3) is 0 Å². The zero-order valence-corrected chi connectivity index (χ0v) is 9.84. The molecule has 0 heterocycles. The summed E-state index contributed by atoms with van der Waals surface area (Å²) in [6.07, 6.45) is 1.76. The van der Waals surface area contributed by atoms with Crippen LogP contribution in [0, 0.1) is 18.6 Å². The van der Waals surface area contributed by atoms with Gasteiger partial charge in [-0.3, -0.25) is 0 Å². The van der Waals surface area contributed by atoms with Crippen molar-refractivity contribution >= 4 is 16.4 Å². The van der Waals surface area contributed by atoms with E-state index in [-0.39, 0.29) is 11.6 Å². The van der Waals surface area contributed by atoms with E-state index < -0.39 is 10.5 Å². The maximum Gasteiger partial charge on any atom is 0.136 e. The molecular weight excluding hydrogens is 202 g/mol. The summed E-state index contributed by atoms with van der Waals surface area (Å²) in [5.74, 6) is 2.93. The molecule has 3 heteroatoms. The molecule has 0 aliphatic carbocycles. The van der Waals surface area contributed by atoms with Crippen LogP contribution in [-0.4, -0.2) is 12.1 Å². The lowest BCUT2D eigenvalue weighted by Crippen LogP contribution is -1.88. The van der Waals surface area contributed by atoms with E-state index in [1.54, 1.807) is 13.2 Å². The summed E-state index contributed by atoms with van der Waals surface area (Å²) in [6, 6.07) is 2.43. The number of halogens is 2. The molecule has 0 saturated heterocycles. The minimum absolute atomic E-state index is 0.335. The predicted molar refractivity (Wildman–Crippen MR) is 61.3 cm³/mol. The van der Waals surface area contributed by atoms with Gasteiger partial charge in [0.15, 0.2) is 0 Å². The Morgan fingerprint density at radius 3 is 2.07 bits per heavy atom. The Morgan fingerprint density at radius 1 is 1.14 bits per heavy atom. The van der Waals surface area contributed by atoms with Gasteiger partial charge in [-0.05, 0) is 30.9 Å². The quantitative estimate of drug-likeness (QED) is 0.625. The van der Waals surface area contributed by atoms with Gasteiger partial charge in [-0.2, -0.15) is 10.5 Å². The molecule has 0 aliphatic rings. The Kier molecular flexibility index (Phi) is 5.62. The first-order chi connectivity index (χ1) is 6.52. The van der Waals surface area contributed by atoms with Crippen LogP contribution in [0.3, 0.4) is 0 Å². The highest BCUT2D eigenvalue weighted by atomic mass is 32.2. The maximum atomic E-state index is 13.1. The van der Waals surface area contributed by atoms with Crippen molar-refractivity contribution in [1.29, 1.82) is 0 Å². The molecular formula is C11H16F2S. The first kappa shape index (κ1) is 13.3. The average Bonchev–Trinajstić information content (AvgIpc) is 2.14. The van der Waals surface area contributed by atoms with E-state index in [1.807, 2.05) is 13.8 Å². The average molecular weight is 218 g/mol. The van der Waals surface area contributed by atoms with E-state index in [0.717, 1.165) is 0 Å². The van der Waals surface area contributed by atoms with E-state index >= 15 is 0 Å². The zero-order chi connectivity index (χ0) is 11.3. The summed E-state index contributed by atoms with van der Waals surface area (Å²) in [5, 5.41) is 0. The van der Waals surface area contributed by atoms with Crippen LogP contribution in [0.5, 0.6) is 0 Å². The van der Waals surface area contributed by atoms with Gasteiger partial charge in [-0.25, -0.2) is 8.78 Å². The third-order valence-electron chi connectivity index (χ3n) is 1.59. The van der Waals surface area contributed by atoms with Gasteiger partial charge in [0.1, 0.15) is 11.6 Å². The second kappa shape index (κ2) is 5.91. The third-order valence-corrected chi connectivity index (χ3v) is 2.65. The van der Waals surface area contributed by atoms with Crippen molar-refractivity contribution in [3.05, 3.63) is 29.3 Å².